The van der Waals surface area contributed by atoms with E-state index in [1.165, 1.54) is 30.7 Å². The second-order valence-corrected chi connectivity index (χ2v) is 8.57. The number of carbonyl (C=O) groups is 2. The molecule has 2 aromatic rings. The summed E-state index contributed by atoms with van der Waals surface area (Å²) in [7, 11) is 0. The maximum Gasteiger partial charge on any atom is 0.253 e. The molecule has 7 nitrogen and oxygen atoms in total. The summed E-state index contributed by atoms with van der Waals surface area (Å²) in [6.07, 6.45) is 4.48. The summed E-state index contributed by atoms with van der Waals surface area (Å²) in [6.45, 7) is 2.80. The van der Waals surface area contributed by atoms with Crippen LogP contribution in [0.3, 0.4) is 0 Å². The molecular weight excluding hydrogens is 433 g/mol. The van der Waals surface area contributed by atoms with Crippen LogP contribution < -0.4 is 10.6 Å². The Labute approximate surface area is 183 Å². The molecule has 0 saturated heterocycles. The zero-order chi connectivity index (χ0) is 20.8. The van der Waals surface area contributed by atoms with Gasteiger partial charge in [0.1, 0.15) is 0 Å². The topological polar surface area (TPSA) is 88.9 Å². The average molecular weight is 456 g/mol. The third-order valence-electron chi connectivity index (χ3n) is 4.75. The van der Waals surface area contributed by atoms with Gasteiger partial charge < -0.3 is 15.2 Å². The number of halogens is 2. The van der Waals surface area contributed by atoms with Crippen molar-refractivity contribution >= 4 is 46.8 Å². The number of amides is 2. The molecule has 0 atom stereocenters. The zero-order valence-electron chi connectivity index (χ0n) is 16.1. The molecular formula is C19H23Cl2N5O2S. The molecule has 1 aromatic carbocycles. The van der Waals surface area contributed by atoms with Crippen LogP contribution >= 0.6 is 35.0 Å². The fourth-order valence-corrected chi connectivity index (χ4v) is 4.60. The number of nitrogens with zero attached hydrogens (tertiary/aromatic N) is 3. The molecule has 0 bridgehead atoms. The van der Waals surface area contributed by atoms with Crippen LogP contribution in [0.15, 0.2) is 23.4 Å². The molecule has 2 amide bonds. The molecule has 1 fully saturated rings. The lowest BCUT2D eigenvalue weighted by Crippen LogP contribution is -2.33. The summed E-state index contributed by atoms with van der Waals surface area (Å²) in [5.41, 5.74) is 0.344. The van der Waals surface area contributed by atoms with E-state index in [1.807, 2.05) is 11.5 Å². The second kappa shape index (κ2) is 10.3. The van der Waals surface area contributed by atoms with Crippen molar-refractivity contribution in [1.29, 1.82) is 0 Å². The molecule has 0 aliphatic heterocycles. The van der Waals surface area contributed by atoms with Crippen LogP contribution in [0.25, 0.3) is 0 Å². The summed E-state index contributed by atoms with van der Waals surface area (Å²) in [6, 6.07) is 5.02. The van der Waals surface area contributed by atoms with Crippen molar-refractivity contribution in [1.82, 2.24) is 25.4 Å². The Morgan fingerprint density at radius 1 is 1.24 bits per heavy atom. The first-order chi connectivity index (χ1) is 14.0. The van der Waals surface area contributed by atoms with Crippen molar-refractivity contribution in [2.24, 2.45) is 0 Å². The van der Waals surface area contributed by atoms with Gasteiger partial charge >= 0.3 is 0 Å². The Bertz CT molecular complexity index is 883. The van der Waals surface area contributed by atoms with Gasteiger partial charge in [0.2, 0.25) is 5.91 Å². The Balaban J connectivity index is 1.55. The predicted molar refractivity (Wildman–Crippen MR) is 114 cm³/mol. The summed E-state index contributed by atoms with van der Waals surface area (Å²) < 4.78 is 1.89. The minimum Gasteiger partial charge on any atom is -0.353 e. The third kappa shape index (κ3) is 5.87. The van der Waals surface area contributed by atoms with Gasteiger partial charge in [-0.05, 0) is 38.0 Å². The van der Waals surface area contributed by atoms with E-state index < -0.39 is 0 Å². The molecule has 1 aliphatic carbocycles. The van der Waals surface area contributed by atoms with E-state index in [4.69, 9.17) is 23.2 Å². The summed E-state index contributed by atoms with van der Waals surface area (Å²) in [5.74, 6) is 0.605. The third-order valence-corrected chi connectivity index (χ3v) is 6.26. The predicted octanol–water partition coefficient (Wildman–Crippen LogP) is 3.69. The van der Waals surface area contributed by atoms with Crippen molar-refractivity contribution < 1.29 is 9.59 Å². The van der Waals surface area contributed by atoms with E-state index in [2.05, 4.69) is 20.8 Å². The first-order valence-corrected chi connectivity index (χ1v) is 11.3. The molecule has 29 heavy (non-hydrogen) atoms. The Morgan fingerprint density at radius 3 is 2.69 bits per heavy atom. The Kier molecular flexibility index (Phi) is 7.80. The number of thioether (sulfide) groups is 1. The maximum atomic E-state index is 12.4. The lowest BCUT2D eigenvalue weighted by atomic mass is 10.2. The van der Waals surface area contributed by atoms with Gasteiger partial charge in [-0.3, -0.25) is 9.59 Å². The quantitative estimate of drug-likeness (QED) is 0.592. The zero-order valence-corrected chi connectivity index (χ0v) is 18.4. The first-order valence-electron chi connectivity index (χ1n) is 9.55. The monoisotopic (exact) mass is 455 g/mol. The van der Waals surface area contributed by atoms with Crippen LogP contribution in [0.5, 0.6) is 0 Å². The number of nitrogens with one attached hydrogen (secondary N) is 2. The molecule has 1 heterocycles. The van der Waals surface area contributed by atoms with E-state index in [9.17, 15) is 9.59 Å². The normalized spacial score (nSPS) is 14.2. The van der Waals surface area contributed by atoms with Crippen LogP contribution in [-0.2, 0) is 17.9 Å². The van der Waals surface area contributed by atoms with E-state index in [1.54, 1.807) is 12.1 Å². The van der Waals surface area contributed by atoms with Crippen LogP contribution in [0, 0.1) is 0 Å². The number of benzene rings is 1. The standard InChI is InChI=1S/C19H23Cl2N5O2S/c1-2-26-16(10-22-18(28)14-8-7-12(20)9-15(14)21)24-25-19(26)29-11-17(27)23-13-5-3-4-6-13/h7-9,13H,2-6,10-11H2,1H3,(H,22,28)(H,23,27). The second-order valence-electron chi connectivity index (χ2n) is 6.79. The number of aromatic nitrogens is 3. The molecule has 1 aliphatic rings. The molecule has 0 unspecified atom stereocenters. The highest BCUT2D eigenvalue weighted by atomic mass is 35.5. The molecule has 0 spiro atoms. The number of carbonyl (C=O) groups excluding carboxylic acids is 2. The number of hydrogen-bond acceptors (Lipinski definition) is 5. The van der Waals surface area contributed by atoms with Gasteiger partial charge in [-0.15, -0.1) is 10.2 Å². The van der Waals surface area contributed by atoms with Crippen LogP contribution in [0.1, 0.15) is 48.8 Å². The van der Waals surface area contributed by atoms with Gasteiger partial charge in [-0.25, -0.2) is 0 Å². The van der Waals surface area contributed by atoms with Crippen LogP contribution in [0.4, 0.5) is 0 Å². The van der Waals surface area contributed by atoms with Crippen LogP contribution in [-0.4, -0.2) is 38.4 Å². The van der Waals surface area contributed by atoms with Crippen molar-refractivity contribution in [2.45, 2.75) is 56.9 Å². The van der Waals surface area contributed by atoms with Gasteiger partial charge in [0.05, 0.1) is 22.9 Å². The minimum atomic E-state index is -0.317. The molecule has 3 rings (SSSR count). The van der Waals surface area contributed by atoms with Gasteiger partial charge in [-0.1, -0.05) is 47.8 Å². The van der Waals surface area contributed by atoms with Crippen molar-refractivity contribution in [3.05, 3.63) is 39.6 Å². The summed E-state index contributed by atoms with van der Waals surface area (Å²) in [5, 5.41) is 15.6. The van der Waals surface area contributed by atoms with Gasteiger partial charge in [-0.2, -0.15) is 0 Å². The molecule has 1 aromatic heterocycles. The molecule has 156 valence electrons. The largest absolute Gasteiger partial charge is 0.353 e. The molecule has 0 radical (unpaired) electrons. The van der Waals surface area contributed by atoms with Crippen molar-refractivity contribution in [3.63, 3.8) is 0 Å². The Morgan fingerprint density at radius 2 is 2.00 bits per heavy atom. The highest BCUT2D eigenvalue weighted by Crippen LogP contribution is 2.22. The van der Waals surface area contributed by atoms with E-state index >= 15 is 0 Å². The van der Waals surface area contributed by atoms with Crippen molar-refractivity contribution in [2.75, 3.05) is 5.75 Å². The fourth-order valence-electron chi connectivity index (χ4n) is 3.27. The molecule has 10 heteroatoms. The SMILES string of the molecule is CCn1c(CNC(=O)c2ccc(Cl)cc2Cl)nnc1SCC(=O)NC1CCCC1. The van der Waals surface area contributed by atoms with Gasteiger partial charge in [0.25, 0.3) is 5.91 Å². The van der Waals surface area contributed by atoms with E-state index in [0.717, 1.165) is 12.8 Å². The highest BCUT2D eigenvalue weighted by molar-refractivity contribution is 7.99. The number of hydrogen-bond donors (Lipinski definition) is 2. The van der Waals surface area contributed by atoms with Gasteiger partial charge in [0, 0.05) is 17.6 Å². The Hall–Kier alpha value is -1.77. The number of rotatable bonds is 8. The molecule has 1 saturated carbocycles. The summed E-state index contributed by atoms with van der Waals surface area (Å²) >= 11 is 13.3. The minimum absolute atomic E-state index is 0.0137. The fraction of sp³-hybridized carbons (Fsp3) is 0.474. The highest BCUT2D eigenvalue weighted by Gasteiger charge is 2.19. The summed E-state index contributed by atoms with van der Waals surface area (Å²) in [4.78, 5) is 24.5. The van der Waals surface area contributed by atoms with Crippen LogP contribution in [0.2, 0.25) is 10.0 Å². The van der Waals surface area contributed by atoms with E-state index in [-0.39, 0.29) is 23.4 Å². The van der Waals surface area contributed by atoms with Gasteiger partial charge in [0.15, 0.2) is 11.0 Å². The lowest BCUT2D eigenvalue weighted by molar-refractivity contribution is -0.119. The maximum absolute atomic E-state index is 12.4. The molecule has 2 N–H and O–H groups in total. The lowest BCUT2D eigenvalue weighted by Gasteiger charge is -2.12. The van der Waals surface area contributed by atoms with Crippen molar-refractivity contribution in [3.8, 4) is 0 Å². The van der Waals surface area contributed by atoms with E-state index in [0.29, 0.717) is 39.9 Å². The average Bonchev–Trinajstić information content (AvgIpc) is 3.33. The smallest absolute Gasteiger partial charge is 0.253 e. The first kappa shape index (κ1) is 21.9.